The van der Waals surface area contributed by atoms with Crippen molar-refractivity contribution < 1.29 is 9.50 Å². The summed E-state index contributed by atoms with van der Waals surface area (Å²) in [4.78, 5) is 0. The molecule has 0 radical (unpaired) electrons. The molecule has 2 rings (SSSR count). The molecule has 0 bridgehead atoms. The van der Waals surface area contributed by atoms with Crippen LogP contribution in [-0.4, -0.2) is 5.11 Å². The number of phenols is 1. The van der Waals surface area contributed by atoms with Gasteiger partial charge in [0.25, 0.3) is 0 Å². The van der Waals surface area contributed by atoms with Gasteiger partial charge in [0.1, 0.15) is 11.6 Å². The number of hydrogen-bond donors (Lipinski definition) is 1. The van der Waals surface area contributed by atoms with Gasteiger partial charge in [-0.2, -0.15) is 0 Å². The van der Waals surface area contributed by atoms with E-state index in [4.69, 9.17) is 11.6 Å². The van der Waals surface area contributed by atoms with E-state index in [0.29, 0.717) is 20.6 Å². The quantitative estimate of drug-likeness (QED) is 0.815. The SMILES string of the molecule is Oc1ccc(Cl)cc1-c1ccc(Br)cc1F. The van der Waals surface area contributed by atoms with Gasteiger partial charge in [0, 0.05) is 20.6 Å². The molecule has 4 heteroatoms. The Balaban J connectivity index is 2.62. The number of phenolic OH excluding ortho intramolecular Hbond substituents is 1. The predicted octanol–water partition coefficient (Wildman–Crippen LogP) is 4.61. The Morgan fingerprint density at radius 1 is 1.06 bits per heavy atom. The second kappa shape index (κ2) is 4.44. The summed E-state index contributed by atoms with van der Waals surface area (Å²) in [7, 11) is 0. The molecule has 0 fully saturated rings. The van der Waals surface area contributed by atoms with Crippen LogP contribution in [0.5, 0.6) is 5.75 Å². The zero-order valence-corrected chi connectivity index (χ0v) is 10.4. The predicted molar refractivity (Wildman–Crippen MR) is 66.2 cm³/mol. The Bertz CT molecular complexity index is 543. The third-order valence-electron chi connectivity index (χ3n) is 2.18. The van der Waals surface area contributed by atoms with E-state index in [2.05, 4.69) is 15.9 Å². The molecule has 0 saturated carbocycles. The molecule has 0 spiro atoms. The average molecular weight is 302 g/mol. The lowest BCUT2D eigenvalue weighted by Crippen LogP contribution is -1.85. The van der Waals surface area contributed by atoms with Crippen LogP contribution in [0.3, 0.4) is 0 Å². The Kier molecular flexibility index (Phi) is 3.17. The van der Waals surface area contributed by atoms with Crippen LogP contribution in [0, 0.1) is 5.82 Å². The molecule has 0 saturated heterocycles. The number of hydrogen-bond acceptors (Lipinski definition) is 1. The summed E-state index contributed by atoms with van der Waals surface area (Å²) in [5.74, 6) is -0.405. The lowest BCUT2D eigenvalue weighted by Gasteiger charge is -2.06. The Labute approximate surface area is 106 Å². The molecule has 0 aliphatic heterocycles. The highest BCUT2D eigenvalue weighted by atomic mass is 79.9. The van der Waals surface area contributed by atoms with E-state index in [0.717, 1.165) is 0 Å². The molecule has 82 valence electrons. The summed E-state index contributed by atoms with van der Waals surface area (Å²) in [6, 6.07) is 9.17. The fourth-order valence-corrected chi connectivity index (χ4v) is 1.94. The van der Waals surface area contributed by atoms with Crippen LogP contribution in [0.2, 0.25) is 5.02 Å². The van der Waals surface area contributed by atoms with Crippen molar-refractivity contribution in [1.29, 1.82) is 0 Å². The molecule has 0 aliphatic carbocycles. The molecular weight excluding hydrogens is 294 g/mol. The maximum absolute atomic E-state index is 13.7. The van der Waals surface area contributed by atoms with Gasteiger partial charge in [0.2, 0.25) is 0 Å². The average Bonchev–Trinajstić information content (AvgIpc) is 2.22. The van der Waals surface area contributed by atoms with Crippen molar-refractivity contribution in [3.63, 3.8) is 0 Å². The van der Waals surface area contributed by atoms with Crippen molar-refractivity contribution >= 4 is 27.5 Å². The number of halogens is 3. The fraction of sp³-hybridized carbons (Fsp3) is 0. The van der Waals surface area contributed by atoms with Gasteiger partial charge in [-0.3, -0.25) is 0 Å². The first-order valence-electron chi connectivity index (χ1n) is 4.52. The van der Waals surface area contributed by atoms with Gasteiger partial charge in [-0.25, -0.2) is 4.39 Å². The van der Waals surface area contributed by atoms with Gasteiger partial charge in [-0.15, -0.1) is 0 Å². The van der Waals surface area contributed by atoms with Crippen LogP contribution in [0.1, 0.15) is 0 Å². The van der Waals surface area contributed by atoms with Crippen LogP contribution in [-0.2, 0) is 0 Å². The number of benzene rings is 2. The standard InChI is InChI=1S/C12H7BrClFO/c13-7-1-3-9(11(15)5-7)10-6-8(14)2-4-12(10)16/h1-6,16H. The van der Waals surface area contributed by atoms with E-state index in [9.17, 15) is 9.50 Å². The maximum atomic E-state index is 13.7. The first-order chi connectivity index (χ1) is 7.58. The molecule has 1 N–H and O–H groups in total. The van der Waals surface area contributed by atoms with Crippen molar-refractivity contribution in [3.05, 3.63) is 51.7 Å². The first-order valence-corrected chi connectivity index (χ1v) is 5.69. The molecule has 0 unspecified atom stereocenters. The third-order valence-corrected chi connectivity index (χ3v) is 2.91. The normalized spacial score (nSPS) is 10.4. The second-order valence-corrected chi connectivity index (χ2v) is 4.64. The van der Waals surface area contributed by atoms with Gasteiger partial charge >= 0.3 is 0 Å². The van der Waals surface area contributed by atoms with Crippen molar-refractivity contribution in [1.82, 2.24) is 0 Å². The summed E-state index contributed by atoms with van der Waals surface area (Å²) in [6.07, 6.45) is 0. The van der Waals surface area contributed by atoms with Crippen molar-refractivity contribution in [2.45, 2.75) is 0 Å². The monoisotopic (exact) mass is 300 g/mol. The summed E-state index contributed by atoms with van der Waals surface area (Å²) in [6.45, 7) is 0. The fourth-order valence-electron chi connectivity index (χ4n) is 1.43. The number of rotatable bonds is 1. The molecule has 0 aliphatic rings. The highest BCUT2D eigenvalue weighted by Crippen LogP contribution is 2.34. The van der Waals surface area contributed by atoms with Crippen molar-refractivity contribution in [3.8, 4) is 16.9 Å². The molecule has 2 aromatic rings. The smallest absolute Gasteiger partial charge is 0.132 e. The molecule has 0 amide bonds. The Morgan fingerprint density at radius 3 is 2.50 bits per heavy atom. The molecule has 16 heavy (non-hydrogen) atoms. The summed E-state index contributed by atoms with van der Waals surface area (Å²) in [5, 5.41) is 10.1. The number of aromatic hydroxyl groups is 1. The molecular formula is C12H7BrClFO. The second-order valence-electron chi connectivity index (χ2n) is 3.29. The van der Waals surface area contributed by atoms with Crippen LogP contribution in [0.15, 0.2) is 40.9 Å². The summed E-state index contributed by atoms with van der Waals surface area (Å²) >= 11 is 8.98. The van der Waals surface area contributed by atoms with Gasteiger partial charge in [0.15, 0.2) is 0 Å². The highest BCUT2D eigenvalue weighted by molar-refractivity contribution is 9.10. The third kappa shape index (κ3) is 2.20. The van der Waals surface area contributed by atoms with E-state index in [1.807, 2.05) is 0 Å². The molecule has 1 nitrogen and oxygen atoms in total. The maximum Gasteiger partial charge on any atom is 0.132 e. The Morgan fingerprint density at radius 2 is 1.81 bits per heavy atom. The molecule has 0 atom stereocenters. The minimum Gasteiger partial charge on any atom is -0.507 e. The largest absolute Gasteiger partial charge is 0.507 e. The van der Waals surface area contributed by atoms with Gasteiger partial charge < -0.3 is 5.11 Å². The molecule has 0 aromatic heterocycles. The van der Waals surface area contributed by atoms with Gasteiger partial charge in [0.05, 0.1) is 0 Å². The van der Waals surface area contributed by atoms with Crippen molar-refractivity contribution in [2.24, 2.45) is 0 Å². The lowest BCUT2D eigenvalue weighted by atomic mass is 10.0. The van der Waals surface area contributed by atoms with Crippen LogP contribution < -0.4 is 0 Å². The van der Waals surface area contributed by atoms with Crippen LogP contribution >= 0.6 is 27.5 Å². The van der Waals surface area contributed by atoms with E-state index in [1.165, 1.54) is 18.2 Å². The summed E-state index contributed by atoms with van der Waals surface area (Å²) < 4.78 is 14.3. The zero-order valence-electron chi connectivity index (χ0n) is 8.05. The first kappa shape index (κ1) is 11.4. The van der Waals surface area contributed by atoms with E-state index in [-0.39, 0.29) is 5.75 Å². The van der Waals surface area contributed by atoms with Crippen LogP contribution in [0.4, 0.5) is 4.39 Å². The minimum atomic E-state index is -0.410. The van der Waals surface area contributed by atoms with Crippen molar-refractivity contribution in [2.75, 3.05) is 0 Å². The van der Waals surface area contributed by atoms with E-state index in [1.54, 1.807) is 18.2 Å². The zero-order chi connectivity index (χ0) is 11.7. The summed E-state index contributed by atoms with van der Waals surface area (Å²) in [5.41, 5.74) is 0.709. The minimum absolute atomic E-state index is 0.00521. The molecule has 0 heterocycles. The van der Waals surface area contributed by atoms with E-state index < -0.39 is 5.82 Å². The lowest BCUT2D eigenvalue weighted by molar-refractivity contribution is 0.476. The van der Waals surface area contributed by atoms with E-state index >= 15 is 0 Å². The molecule has 2 aromatic carbocycles. The van der Waals surface area contributed by atoms with Crippen LogP contribution in [0.25, 0.3) is 11.1 Å². The topological polar surface area (TPSA) is 20.2 Å². The highest BCUT2D eigenvalue weighted by Gasteiger charge is 2.10. The van der Waals surface area contributed by atoms with Gasteiger partial charge in [-0.05, 0) is 30.3 Å². The Hall–Kier alpha value is -1.06. The van der Waals surface area contributed by atoms with Gasteiger partial charge in [-0.1, -0.05) is 33.6 Å².